The Labute approximate surface area is 137 Å². The van der Waals surface area contributed by atoms with E-state index in [1.54, 1.807) is 23.9 Å². The van der Waals surface area contributed by atoms with Crippen LogP contribution in [-0.2, 0) is 0 Å². The Morgan fingerprint density at radius 3 is 2.91 bits per heavy atom. The van der Waals surface area contributed by atoms with Gasteiger partial charge in [-0.25, -0.2) is 9.97 Å². The van der Waals surface area contributed by atoms with Gasteiger partial charge in [0.05, 0.1) is 11.6 Å². The van der Waals surface area contributed by atoms with Gasteiger partial charge in [0.1, 0.15) is 11.2 Å². The van der Waals surface area contributed by atoms with E-state index in [2.05, 4.69) is 40.4 Å². The number of nitrogens with zero attached hydrogens (tertiary/aromatic N) is 3. The molecule has 0 atom stereocenters. The lowest BCUT2D eigenvalue weighted by Crippen LogP contribution is -1.94. The van der Waals surface area contributed by atoms with Gasteiger partial charge >= 0.3 is 0 Å². The van der Waals surface area contributed by atoms with E-state index in [-0.39, 0.29) is 0 Å². The maximum Gasteiger partial charge on any atom is 0.158 e. The van der Waals surface area contributed by atoms with E-state index in [0.717, 1.165) is 15.8 Å². The first-order valence-corrected chi connectivity index (χ1v) is 8.12. The SMILES string of the molecule is CC(C)c1cc2c(NN=Cc3cccc(Cl)c3)ncnc2s1. The number of hydrogen-bond acceptors (Lipinski definition) is 5. The molecule has 0 aliphatic rings. The molecule has 0 spiro atoms. The van der Waals surface area contributed by atoms with Crippen LogP contribution in [0.1, 0.15) is 30.2 Å². The normalized spacial score (nSPS) is 11.6. The summed E-state index contributed by atoms with van der Waals surface area (Å²) in [4.78, 5) is 10.9. The summed E-state index contributed by atoms with van der Waals surface area (Å²) < 4.78 is 0. The molecule has 0 radical (unpaired) electrons. The summed E-state index contributed by atoms with van der Waals surface area (Å²) in [6.07, 6.45) is 3.27. The minimum atomic E-state index is 0.474. The number of anilines is 1. The molecule has 112 valence electrons. The molecule has 0 saturated heterocycles. The standard InChI is InChI=1S/C16H15ClN4S/c1-10(2)14-7-13-15(18-9-19-16(13)22-14)21-20-8-11-4-3-5-12(17)6-11/h3-10H,1-2H3,(H,18,19,21). The van der Waals surface area contributed by atoms with Crippen molar-refractivity contribution >= 4 is 45.2 Å². The summed E-state index contributed by atoms with van der Waals surface area (Å²) >= 11 is 7.64. The molecule has 0 amide bonds. The molecule has 2 aromatic heterocycles. The van der Waals surface area contributed by atoms with Crippen molar-refractivity contribution in [3.8, 4) is 0 Å². The third-order valence-corrected chi connectivity index (χ3v) is 4.73. The quantitative estimate of drug-likeness (QED) is 0.546. The molecule has 22 heavy (non-hydrogen) atoms. The summed E-state index contributed by atoms with van der Waals surface area (Å²) in [7, 11) is 0. The highest BCUT2D eigenvalue weighted by Crippen LogP contribution is 2.32. The number of hydrazone groups is 1. The molecule has 0 aliphatic heterocycles. The molecule has 1 N–H and O–H groups in total. The zero-order valence-electron chi connectivity index (χ0n) is 12.2. The second-order valence-corrected chi connectivity index (χ2v) is 6.67. The van der Waals surface area contributed by atoms with Gasteiger partial charge in [-0.3, -0.25) is 5.43 Å². The van der Waals surface area contributed by atoms with Crippen molar-refractivity contribution in [2.45, 2.75) is 19.8 Å². The number of fused-ring (bicyclic) bond motifs is 1. The van der Waals surface area contributed by atoms with Crippen molar-refractivity contribution in [1.82, 2.24) is 9.97 Å². The molecule has 6 heteroatoms. The maximum atomic E-state index is 5.95. The number of thiophene rings is 1. The summed E-state index contributed by atoms with van der Waals surface area (Å²) in [6, 6.07) is 9.64. The lowest BCUT2D eigenvalue weighted by Gasteiger charge is -2.00. The van der Waals surface area contributed by atoms with Gasteiger partial charge in [-0.1, -0.05) is 37.6 Å². The van der Waals surface area contributed by atoms with Crippen LogP contribution in [0.15, 0.2) is 41.8 Å². The third kappa shape index (κ3) is 3.26. The average molecular weight is 331 g/mol. The van der Waals surface area contributed by atoms with E-state index in [0.29, 0.717) is 16.8 Å². The molecule has 0 aliphatic carbocycles. The summed E-state index contributed by atoms with van der Waals surface area (Å²) in [5.74, 6) is 1.19. The van der Waals surface area contributed by atoms with Crippen molar-refractivity contribution in [2.75, 3.05) is 5.43 Å². The van der Waals surface area contributed by atoms with Crippen LogP contribution in [0.25, 0.3) is 10.2 Å². The summed E-state index contributed by atoms with van der Waals surface area (Å²) in [5.41, 5.74) is 3.92. The predicted molar refractivity (Wildman–Crippen MR) is 94.2 cm³/mol. The molecule has 2 heterocycles. The first-order chi connectivity index (χ1) is 10.6. The van der Waals surface area contributed by atoms with Crippen LogP contribution in [0.4, 0.5) is 5.82 Å². The summed E-state index contributed by atoms with van der Waals surface area (Å²) in [5, 5.41) is 5.93. The zero-order chi connectivity index (χ0) is 15.5. The third-order valence-electron chi connectivity index (χ3n) is 3.15. The number of halogens is 1. The van der Waals surface area contributed by atoms with Crippen LogP contribution in [0, 0.1) is 0 Å². The van der Waals surface area contributed by atoms with E-state index >= 15 is 0 Å². The van der Waals surface area contributed by atoms with Crippen LogP contribution in [0.5, 0.6) is 0 Å². The van der Waals surface area contributed by atoms with Crippen LogP contribution >= 0.6 is 22.9 Å². The minimum Gasteiger partial charge on any atom is -0.261 e. The van der Waals surface area contributed by atoms with E-state index in [9.17, 15) is 0 Å². The smallest absolute Gasteiger partial charge is 0.158 e. The molecule has 3 rings (SSSR count). The predicted octanol–water partition coefficient (Wildman–Crippen LogP) is 4.91. The van der Waals surface area contributed by atoms with Gasteiger partial charge in [0.25, 0.3) is 0 Å². The Bertz CT molecular complexity index is 826. The largest absolute Gasteiger partial charge is 0.261 e. The van der Waals surface area contributed by atoms with Crippen molar-refractivity contribution < 1.29 is 0 Å². The highest BCUT2D eigenvalue weighted by molar-refractivity contribution is 7.18. The molecular formula is C16H15ClN4S. The number of rotatable bonds is 4. The van der Waals surface area contributed by atoms with Crippen molar-refractivity contribution in [3.63, 3.8) is 0 Å². The number of nitrogens with one attached hydrogen (secondary N) is 1. The van der Waals surface area contributed by atoms with E-state index in [1.807, 2.05) is 24.3 Å². The average Bonchev–Trinajstić information content (AvgIpc) is 2.92. The van der Waals surface area contributed by atoms with Crippen LogP contribution in [0.2, 0.25) is 5.02 Å². The van der Waals surface area contributed by atoms with Gasteiger partial charge in [-0.05, 0) is 29.7 Å². The molecular weight excluding hydrogens is 316 g/mol. The molecule has 3 aromatic rings. The second-order valence-electron chi connectivity index (χ2n) is 5.17. The summed E-state index contributed by atoms with van der Waals surface area (Å²) in [6.45, 7) is 4.34. The molecule has 0 bridgehead atoms. The number of benzene rings is 1. The second kappa shape index (κ2) is 6.42. The minimum absolute atomic E-state index is 0.474. The Balaban J connectivity index is 1.84. The van der Waals surface area contributed by atoms with Gasteiger partial charge in [0.2, 0.25) is 0 Å². The fourth-order valence-electron chi connectivity index (χ4n) is 2.00. The fraction of sp³-hybridized carbons (Fsp3) is 0.188. The van der Waals surface area contributed by atoms with Crippen molar-refractivity contribution in [2.24, 2.45) is 5.10 Å². The molecule has 0 fully saturated rings. The molecule has 4 nitrogen and oxygen atoms in total. The fourth-order valence-corrected chi connectivity index (χ4v) is 3.20. The maximum absolute atomic E-state index is 5.95. The van der Waals surface area contributed by atoms with Crippen LogP contribution in [0.3, 0.4) is 0 Å². The topological polar surface area (TPSA) is 50.2 Å². The lowest BCUT2D eigenvalue weighted by atomic mass is 10.2. The Morgan fingerprint density at radius 1 is 1.27 bits per heavy atom. The molecule has 0 unspecified atom stereocenters. The Morgan fingerprint density at radius 2 is 2.14 bits per heavy atom. The van der Waals surface area contributed by atoms with E-state index in [1.165, 1.54) is 4.88 Å². The van der Waals surface area contributed by atoms with Crippen LogP contribution in [-0.4, -0.2) is 16.2 Å². The van der Waals surface area contributed by atoms with Gasteiger partial charge in [-0.15, -0.1) is 11.3 Å². The first-order valence-electron chi connectivity index (χ1n) is 6.92. The zero-order valence-corrected chi connectivity index (χ0v) is 13.8. The molecule has 0 saturated carbocycles. The number of aromatic nitrogens is 2. The first kappa shape index (κ1) is 14.9. The highest BCUT2D eigenvalue weighted by atomic mass is 35.5. The Kier molecular flexibility index (Phi) is 4.36. The lowest BCUT2D eigenvalue weighted by molar-refractivity contribution is 0.890. The monoisotopic (exact) mass is 330 g/mol. The van der Waals surface area contributed by atoms with Crippen LogP contribution < -0.4 is 5.43 Å². The Hall–Kier alpha value is -1.98. The van der Waals surface area contributed by atoms with E-state index in [4.69, 9.17) is 11.6 Å². The van der Waals surface area contributed by atoms with Gasteiger partial charge < -0.3 is 0 Å². The van der Waals surface area contributed by atoms with Gasteiger partial charge in [-0.2, -0.15) is 5.10 Å². The van der Waals surface area contributed by atoms with Gasteiger partial charge in [0.15, 0.2) is 5.82 Å². The number of hydrogen-bond donors (Lipinski definition) is 1. The highest BCUT2D eigenvalue weighted by Gasteiger charge is 2.10. The molecule has 1 aromatic carbocycles. The van der Waals surface area contributed by atoms with Gasteiger partial charge in [0, 0.05) is 9.90 Å². The van der Waals surface area contributed by atoms with Crippen molar-refractivity contribution in [1.29, 1.82) is 0 Å². The van der Waals surface area contributed by atoms with Crippen molar-refractivity contribution in [3.05, 3.63) is 52.1 Å². The van der Waals surface area contributed by atoms with E-state index < -0.39 is 0 Å².